The molecule has 8 heteroatoms. The largest absolute Gasteiger partial charge is 0.301 e. The van der Waals surface area contributed by atoms with Crippen LogP contribution in [0.2, 0.25) is 5.02 Å². The van der Waals surface area contributed by atoms with Gasteiger partial charge in [-0.3, -0.25) is 9.89 Å². The predicted octanol–water partition coefficient (Wildman–Crippen LogP) is 5.68. The highest BCUT2D eigenvalue weighted by Crippen LogP contribution is 2.32. The Kier molecular flexibility index (Phi) is 6.58. The van der Waals surface area contributed by atoms with Gasteiger partial charge in [0.05, 0.1) is 16.4 Å². The molecule has 0 amide bonds. The molecule has 0 bridgehead atoms. The second-order valence-corrected chi connectivity index (χ2v) is 9.15. The summed E-state index contributed by atoms with van der Waals surface area (Å²) in [5.41, 5.74) is 3.58. The molecular formula is C22H24ClFN4OS. The Morgan fingerprint density at radius 3 is 2.67 bits per heavy atom. The van der Waals surface area contributed by atoms with E-state index in [1.54, 1.807) is 12.1 Å². The first-order valence-corrected chi connectivity index (χ1v) is 11.6. The number of halogens is 2. The van der Waals surface area contributed by atoms with E-state index in [2.05, 4.69) is 15.2 Å². The minimum Gasteiger partial charge on any atom is -0.301 e. The number of aromatic amines is 2. The normalized spacial score (nSPS) is 14.9. The van der Waals surface area contributed by atoms with Crippen molar-refractivity contribution in [2.45, 2.75) is 56.4 Å². The number of benzene rings is 1. The number of nitrogens with one attached hydrogen (secondary N) is 2. The van der Waals surface area contributed by atoms with Crippen molar-refractivity contribution in [1.82, 2.24) is 20.2 Å². The molecule has 0 unspecified atom stereocenters. The van der Waals surface area contributed by atoms with E-state index in [4.69, 9.17) is 16.6 Å². The van der Waals surface area contributed by atoms with Crippen molar-refractivity contribution < 1.29 is 4.39 Å². The number of nitrogens with zero attached hydrogens (tertiary/aromatic N) is 2. The monoisotopic (exact) mass is 446 g/mol. The molecule has 0 spiro atoms. The van der Waals surface area contributed by atoms with E-state index < -0.39 is 0 Å². The van der Waals surface area contributed by atoms with E-state index in [-0.39, 0.29) is 11.4 Å². The highest BCUT2D eigenvalue weighted by molar-refractivity contribution is 7.98. The molecule has 0 radical (unpaired) electrons. The fourth-order valence-electron chi connectivity index (χ4n) is 3.89. The topological polar surface area (TPSA) is 74.4 Å². The minimum absolute atomic E-state index is 0.0824. The summed E-state index contributed by atoms with van der Waals surface area (Å²) >= 11 is 7.90. The van der Waals surface area contributed by atoms with E-state index >= 15 is 0 Å². The molecule has 2 aromatic heterocycles. The number of H-pyrrole nitrogens is 2. The summed E-state index contributed by atoms with van der Waals surface area (Å²) in [6.07, 6.45) is 7.14. The van der Waals surface area contributed by atoms with Crippen LogP contribution in [0.4, 0.5) is 4.39 Å². The highest BCUT2D eigenvalue weighted by Gasteiger charge is 2.18. The van der Waals surface area contributed by atoms with Gasteiger partial charge in [0.2, 0.25) is 0 Å². The van der Waals surface area contributed by atoms with E-state index in [1.165, 1.54) is 56.0 Å². The molecule has 0 aliphatic heterocycles. The van der Waals surface area contributed by atoms with Gasteiger partial charge in [0.15, 0.2) is 5.16 Å². The molecule has 1 aliphatic rings. The lowest BCUT2D eigenvalue weighted by molar-refractivity contribution is 0.353. The Morgan fingerprint density at radius 1 is 1.20 bits per heavy atom. The van der Waals surface area contributed by atoms with Crippen LogP contribution in [0.3, 0.4) is 0 Å². The van der Waals surface area contributed by atoms with Crippen LogP contribution in [-0.2, 0) is 12.2 Å². The maximum Gasteiger partial charge on any atom is 0.254 e. The van der Waals surface area contributed by atoms with Gasteiger partial charge in [-0.1, -0.05) is 55.5 Å². The third-order valence-corrected chi connectivity index (χ3v) is 6.99. The number of rotatable bonds is 6. The fraction of sp³-hybridized carbons (Fsp3) is 0.409. The molecule has 1 aromatic carbocycles. The third-order valence-electron chi connectivity index (χ3n) is 5.68. The molecule has 1 aliphatic carbocycles. The second-order valence-electron chi connectivity index (χ2n) is 7.81. The number of hydrogen-bond acceptors (Lipinski definition) is 4. The van der Waals surface area contributed by atoms with Crippen molar-refractivity contribution in [3.05, 3.63) is 62.4 Å². The van der Waals surface area contributed by atoms with Crippen molar-refractivity contribution in [1.29, 1.82) is 0 Å². The minimum atomic E-state index is -0.306. The summed E-state index contributed by atoms with van der Waals surface area (Å²) < 4.78 is 13.2. The van der Waals surface area contributed by atoms with E-state index in [0.29, 0.717) is 33.1 Å². The maximum absolute atomic E-state index is 13.2. The predicted molar refractivity (Wildman–Crippen MR) is 118 cm³/mol. The molecule has 30 heavy (non-hydrogen) atoms. The zero-order valence-electron chi connectivity index (χ0n) is 16.8. The van der Waals surface area contributed by atoms with Gasteiger partial charge in [-0.15, -0.1) is 0 Å². The summed E-state index contributed by atoms with van der Waals surface area (Å²) in [6.45, 7) is 1.85. The summed E-state index contributed by atoms with van der Waals surface area (Å²) in [5, 5.41) is 8.30. The lowest BCUT2D eigenvalue weighted by atomic mass is 9.85. The van der Waals surface area contributed by atoms with E-state index in [0.717, 1.165) is 23.4 Å². The number of hydrogen-bond donors (Lipinski definition) is 2. The van der Waals surface area contributed by atoms with Crippen LogP contribution in [0.25, 0.3) is 11.3 Å². The molecule has 1 saturated carbocycles. The highest BCUT2D eigenvalue weighted by atomic mass is 35.5. The van der Waals surface area contributed by atoms with Gasteiger partial charge < -0.3 is 4.98 Å². The molecule has 4 rings (SSSR count). The van der Waals surface area contributed by atoms with E-state index in [1.807, 2.05) is 6.92 Å². The van der Waals surface area contributed by atoms with Gasteiger partial charge in [0.25, 0.3) is 5.56 Å². The number of aromatic nitrogens is 4. The van der Waals surface area contributed by atoms with Crippen LogP contribution >= 0.6 is 23.4 Å². The molecule has 158 valence electrons. The molecule has 2 N–H and O–H groups in total. The third kappa shape index (κ3) is 4.78. The Hall–Kier alpha value is -2.12. The molecular weight excluding hydrogens is 423 g/mol. The quantitative estimate of drug-likeness (QED) is 0.377. The Bertz CT molecular complexity index is 1070. The second kappa shape index (κ2) is 9.35. The van der Waals surface area contributed by atoms with Crippen LogP contribution in [0.5, 0.6) is 0 Å². The summed E-state index contributed by atoms with van der Waals surface area (Å²) in [7, 11) is 0. The zero-order chi connectivity index (χ0) is 21.1. The average Bonchev–Trinajstić information content (AvgIpc) is 3.11. The smallest absolute Gasteiger partial charge is 0.254 e. The van der Waals surface area contributed by atoms with Gasteiger partial charge in [0, 0.05) is 16.9 Å². The number of thioether (sulfide) groups is 1. The molecule has 0 atom stereocenters. The van der Waals surface area contributed by atoms with Gasteiger partial charge >= 0.3 is 0 Å². The first kappa shape index (κ1) is 21.1. The average molecular weight is 447 g/mol. The standard InChI is InChI=1S/C22H24ClFN4OS/c1-13-17(11-14-5-3-2-4-6-14)25-22(26-21(13)29)30-12-18-19(23)20(28-27-18)15-7-9-16(24)10-8-15/h7-10,14H,2-6,11-12H2,1H3,(H,27,28)(H,25,26,29). The van der Waals surface area contributed by atoms with Crippen LogP contribution in [-0.4, -0.2) is 20.2 Å². The van der Waals surface area contributed by atoms with Crippen molar-refractivity contribution in [3.63, 3.8) is 0 Å². The summed E-state index contributed by atoms with van der Waals surface area (Å²) in [6, 6.07) is 6.04. The molecule has 3 aromatic rings. The molecule has 0 saturated heterocycles. The fourth-order valence-corrected chi connectivity index (χ4v) is 5.06. The first-order valence-electron chi connectivity index (χ1n) is 10.2. The molecule has 2 heterocycles. The van der Waals surface area contributed by atoms with Crippen molar-refractivity contribution >= 4 is 23.4 Å². The van der Waals surface area contributed by atoms with Crippen LogP contribution in [0, 0.1) is 18.7 Å². The van der Waals surface area contributed by atoms with Gasteiger partial charge in [-0.2, -0.15) is 5.10 Å². The Balaban J connectivity index is 1.48. The van der Waals surface area contributed by atoms with Gasteiger partial charge in [-0.05, 0) is 43.5 Å². The maximum atomic E-state index is 13.2. The molecule has 1 fully saturated rings. The Morgan fingerprint density at radius 2 is 1.93 bits per heavy atom. The van der Waals surface area contributed by atoms with Crippen molar-refractivity contribution in [2.75, 3.05) is 0 Å². The van der Waals surface area contributed by atoms with E-state index in [9.17, 15) is 9.18 Å². The van der Waals surface area contributed by atoms with Gasteiger partial charge in [-0.25, -0.2) is 9.37 Å². The van der Waals surface area contributed by atoms with Crippen LogP contribution < -0.4 is 5.56 Å². The first-order chi connectivity index (χ1) is 14.5. The zero-order valence-corrected chi connectivity index (χ0v) is 18.4. The lowest BCUT2D eigenvalue weighted by Crippen LogP contribution is -2.19. The summed E-state index contributed by atoms with van der Waals surface area (Å²) in [5.74, 6) is 0.798. The Labute approximate surface area is 183 Å². The lowest BCUT2D eigenvalue weighted by Gasteiger charge is -2.21. The van der Waals surface area contributed by atoms with Gasteiger partial charge in [0.1, 0.15) is 11.5 Å². The summed E-state index contributed by atoms with van der Waals surface area (Å²) in [4.78, 5) is 20.0. The molecule has 5 nitrogen and oxygen atoms in total. The van der Waals surface area contributed by atoms with Crippen molar-refractivity contribution in [2.24, 2.45) is 5.92 Å². The van der Waals surface area contributed by atoms with Crippen molar-refractivity contribution in [3.8, 4) is 11.3 Å². The van der Waals surface area contributed by atoms with Crippen LogP contribution in [0.1, 0.15) is 49.1 Å². The SMILES string of the molecule is Cc1c(CC2CCCCC2)nc(SCc2[nH]nc(-c3ccc(F)cc3)c2Cl)[nH]c1=O. The van der Waals surface area contributed by atoms with Crippen LogP contribution in [0.15, 0.2) is 34.2 Å².